The molecule has 1 heterocycles. The Morgan fingerprint density at radius 3 is 2.48 bits per heavy atom. The van der Waals surface area contributed by atoms with Crippen molar-refractivity contribution in [3.63, 3.8) is 0 Å². The van der Waals surface area contributed by atoms with Gasteiger partial charge in [0.25, 0.3) is 11.5 Å². The standard InChI is InChI=1S/C19H16FN3O2/c1-23-17(24)11-16(18(22-23)19(21)25)14-7-5-12(6-8-14)9-13-3-2-4-15(20)10-13/h2-8,10-11H,9H2,1H3,(H2,21,25). The third kappa shape index (κ3) is 3.63. The number of rotatable bonds is 4. The maximum absolute atomic E-state index is 13.3. The zero-order chi connectivity index (χ0) is 18.0. The van der Waals surface area contributed by atoms with Crippen molar-refractivity contribution in [1.29, 1.82) is 0 Å². The van der Waals surface area contributed by atoms with E-state index in [-0.39, 0.29) is 17.1 Å². The number of benzene rings is 2. The van der Waals surface area contributed by atoms with E-state index in [1.807, 2.05) is 18.2 Å². The van der Waals surface area contributed by atoms with Gasteiger partial charge in [-0.2, -0.15) is 5.10 Å². The zero-order valence-electron chi connectivity index (χ0n) is 13.6. The van der Waals surface area contributed by atoms with Crippen molar-refractivity contribution < 1.29 is 9.18 Å². The van der Waals surface area contributed by atoms with E-state index >= 15 is 0 Å². The number of amides is 1. The number of hydrogen-bond acceptors (Lipinski definition) is 3. The summed E-state index contributed by atoms with van der Waals surface area (Å²) in [6.45, 7) is 0. The molecular formula is C19H16FN3O2. The Hall–Kier alpha value is -3.28. The smallest absolute Gasteiger partial charge is 0.269 e. The molecule has 1 aromatic heterocycles. The monoisotopic (exact) mass is 337 g/mol. The van der Waals surface area contributed by atoms with E-state index in [1.54, 1.807) is 18.2 Å². The van der Waals surface area contributed by atoms with E-state index in [0.29, 0.717) is 17.5 Å². The third-order valence-corrected chi connectivity index (χ3v) is 3.89. The number of nitrogens with two attached hydrogens (primary N) is 1. The minimum atomic E-state index is -0.700. The fourth-order valence-electron chi connectivity index (χ4n) is 2.63. The van der Waals surface area contributed by atoms with Gasteiger partial charge >= 0.3 is 0 Å². The Morgan fingerprint density at radius 1 is 1.12 bits per heavy atom. The molecule has 0 fully saturated rings. The molecule has 3 aromatic rings. The molecule has 0 bridgehead atoms. The molecule has 6 heteroatoms. The average molecular weight is 337 g/mol. The van der Waals surface area contributed by atoms with Crippen LogP contribution in [0.2, 0.25) is 0 Å². The third-order valence-electron chi connectivity index (χ3n) is 3.89. The van der Waals surface area contributed by atoms with Gasteiger partial charge in [0, 0.05) is 18.7 Å². The molecule has 1 amide bonds. The summed E-state index contributed by atoms with van der Waals surface area (Å²) in [5.41, 5.74) is 7.98. The van der Waals surface area contributed by atoms with Gasteiger partial charge in [-0.25, -0.2) is 9.07 Å². The number of primary amides is 1. The van der Waals surface area contributed by atoms with Gasteiger partial charge in [-0.05, 0) is 35.2 Å². The van der Waals surface area contributed by atoms with Crippen LogP contribution >= 0.6 is 0 Å². The van der Waals surface area contributed by atoms with E-state index in [0.717, 1.165) is 15.8 Å². The summed E-state index contributed by atoms with van der Waals surface area (Å²) in [4.78, 5) is 23.4. The molecule has 2 aromatic carbocycles. The first kappa shape index (κ1) is 16.6. The van der Waals surface area contributed by atoms with E-state index in [2.05, 4.69) is 5.10 Å². The largest absolute Gasteiger partial charge is 0.364 e. The van der Waals surface area contributed by atoms with Gasteiger partial charge in [-0.1, -0.05) is 36.4 Å². The lowest BCUT2D eigenvalue weighted by atomic mass is 9.99. The molecule has 2 N–H and O–H groups in total. The second kappa shape index (κ2) is 6.68. The fraction of sp³-hybridized carbons (Fsp3) is 0.105. The summed E-state index contributed by atoms with van der Waals surface area (Å²) < 4.78 is 14.3. The van der Waals surface area contributed by atoms with Gasteiger partial charge < -0.3 is 5.73 Å². The van der Waals surface area contributed by atoms with Crippen molar-refractivity contribution in [2.24, 2.45) is 12.8 Å². The summed E-state index contributed by atoms with van der Waals surface area (Å²) in [6, 6.07) is 15.1. The normalized spacial score (nSPS) is 10.6. The Labute approximate surface area is 143 Å². The van der Waals surface area contributed by atoms with Crippen LogP contribution in [0.25, 0.3) is 11.1 Å². The van der Waals surface area contributed by atoms with E-state index in [1.165, 1.54) is 25.2 Å². The molecule has 0 unspecified atom stereocenters. The SMILES string of the molecule is Cn1nc(C(N)=O)c(-c2ccc(Cc3cccc(F)c3)cc2)cc1=O. The first-order chi connectivity index (χ1) is 11.9. The number of carbonyl (C=O) groups excluding carboxylic acids is 1. The van der Waals surface area contributed by atoms with Crippen LogP contribution in [0.5, 0.6) is 0 Å². The van der Waals surface area contributed by atoms with Crippen molar-refractivity contribution in [2.75, 3.05) is 0 Å². The lowest BCUT2D eigenvalue weighted by Crippen LogP contribution is -2.25. The maximum Gasteiger partial charge on any atom is 0.269 e. The van der Waals surface area contributed by atoms with Crippen LogP contribution in [0.4, 0.5) is 4.39 Å². The molecule has 0 atom stereocenters. The van der Waals surface area contributed by atoms with Gasteiger partial charge in [-0.15, -0.1) is 0 Å². The molecule has 25 heavy (non-hydrogen) atoms. The summed E-state index contributed by atoms with van der Waals surface area (Å²) in [7, 11) is 1.46. The van der Waals surface area contributed by atoms with Gasteiger partial charge in [-0.3, -0.25) is 9.59 Å². The summed E-state index contributed by atoms with van der Waals surface area (Å²) in [5.74, 6) is -0.971. The van der Waals surface area contributed by atoms with Crippen LogP contribution in [0.15, 0.2) is 59.4 Å². The molecular weight excluding hydrogens is 321 g/mol. The maximum atomic E-state index is 13.3. The van der Waals surface area contributed by atoms with Crippen molar-refractivity contribution in [3.8, 4) is 11.1 Å². The quantitative estimate of drug-likeness (QED) is 0.793. The highest BCUT2D eigenvalue weighted by atomic mass is 19.1. The van der Waals surface area contributed by atoms with Crippen LogP contribution in [-0.4, -0.2) is 15.7 Å². The topological polar surface area (TPSA) is 78.0 Å². The first-order valence-corrected chi connectivity index (χ1v) is 7.66. The molecule has 3 rings (SSSR count). The molecule has 0 aliphatic rings. The molecule has 0 aliphatic heterocycles. The molecule has 0 spiro atoms. The molecule has 0 saturated carbocycles. The van der Waals surface area contributed by atoms with Crippen LogP contribution in [-0.2, 0) is 13.5 Å². The van der Waals surface area contributed by atoms with Crippen LogP contribution < -0.4 is 11.3 Å². The Morgan fingerprint density at radius 2 is 1.84 bits per heavy atom. The van der Waals surface area contributed by atoms with Gasteiger partial charge in [0.05, 0.1) is 0 Å². The number of carbonyl (C=O) groups is 1. The Balaban J connectivity index is 1.94. The van der Waals surface area contributed by atoms with Crippen LogP contribution in [0, 0.1) is 5.82 Å². The molecule has 5 nitrogen and oxygen atoms in total. The van der Waals surface area contributed by atoms with Crippen molar-refractivity contribution in [3.05, 3.63) is 87.6 Å². The van der Waals surface area contributed by atoms with Crippen molar-refractivity contribution in [1.82, 2.24) is 9.78 Å². The lowest BCUT2D eigenvalue weighted by molar-refractivity contribution is 0.0994. The number of hydrogen-bond donors (Lipinski definition) is 1. The minimum Gasteiger partial charge on any atom is -0.364 e. The van der Waals surface area contributed by atoms with Crippen molar-refractivity contribution in [2.45, 2.75) is 6.42 Å². The predicted octanol–water partition coefficient (Wildman–Crippen LogP) is 2.28. The highest BCUT2D eigenvalue weighted by Crippen LogP contribution is 2.22. The second-order valence-electron chi connectivity index (χ2n) is 5.74. The molecule has 126 valence electrons. The van der Waals surface area contributed by atoms with E-state index < -0.39 is 5.91 Å². The molecule has 0 saturated heterocycles. The average Bonchev–Trinajstić information content (AvgIpc) is 2.57. The highest BCUT2D eigenvalue weighted by Gasteiger charge is 2.14. The van der Waals surface area contributed by atoms with Crippen molar-refractivity contribution >= 4 is 5.91 Å². The Kier molecular flexibility index (Phi) is 4.43. The zero-order valence-corrected chi connectivity index (χ0v) is 13.6. The number of halogens is 1. The summed E-state index contributed by atoms with van der Waals surface area (Å²) >= 11 is 0. The number of nitrogens with zero attached hydrogens (tertiary/aromatic N) is 2. The van der Waals surface area contributed by atoms with Gasteiger partial charge in [0.15, 0.2) is 5.69 Å². The Bertz CT molecular complexity index is 994. The van der Waals surface area contributed by atoms with Gasteiger partial charge in [0.1, 0.15) is 5.82 Å². The molecule has 0 radical (unpaired) electrons. The number of aryl methyl sites for hydroxylation is 1. The lowest BCUT2D eigenvalue weighted by Gasteiger charge is -2.09. The summed E-state index contributed by atoms with van der Waals surface area (Å²) in [6.07, 6.45) is 0.579. The fourth-order valence-corrected chi connectivity index (χ4v) is 2.63. The molecule has 0 aliphatic carbocycles. The first-order valence-electron chi connectivity index (χ1n) is 7.66. The van der Waals surface area contributed by atoms with Crippen LogP contribution in [0.1, 0.15) is 21.6 Å². The number of aromatic nitrogens is 2. The second-order valence-corrected chi connectivity index (χ2v) is 5.74. The summed E-state index contributed by atoms with van der Waals surface area (Å²) in [5, 5.41) is 3.94. The van der Waals surface area contributed by atoms with Crippen LogP contribution in [0.3, 0.4) is 0 Å². The predicted molar refractivity (Wildman–Crippen MR) is 92.6 cm³/mol. The highest BCUT2D eigenvalue weighted by molar-refractivity contribution is 5.97. The van der Waals surface area contributed by atoms with Gasteiger partial charge in [0.2, 0.25) is 0 Å². The minimum absolute atomic E-state index is 0.0416. The van der Waals surface area contributed by atoms with E-state index in [4.69, 9.17) is 5.73 Å². The van der Waals surface area contributed by atoms with E-state index in [9.17, 15) is 14.0 Å².